The molecular formula is C14H16N4O3. The van der Waals surface area contributed by atoms with E-state index in [1.807, 2.05) is 31.2 Å². The summed E-state index contributed by atoms with van der Waals surface area (Å²) in [5.74, 6) is -0.843. The Morgan fingerprint density at radius 2 is 2.00 bits per heavy atom. The van der Waals surface area contributed by atoms with Gasteiger partial charge in [0.25, 0.3) is 0 Å². The largest absolute Gasteiger partial charge is 0.463 e. The maximum atomic E-state index is 11.8. The third-order valence-electron chi connectivity index (χ3n) is 2.88. The molecule has 21 heavy (non-hydrogen) atoms. The van der Waals surface area contributed by atoms with Crippen molar-refractivity contribution in [2.75, 3.05) is 12.4 Å². The van der Waals surface area contributed by atoms with Gasteiger partial charge in [-0.25, -0.2) is 4.79 Å². The number of carbonyl (C=O) groups is 2. The zero-order valence-corrected chi connectivity index (χ0v) is 11.8. The molecule has 1 amide bonds. The van der Waals surface area contributed by atoms with Crippen LogP contribution < -0.4 is 5.32 Å². The van der Waals surface area contributed by atoms with Crippen molar-refractivity contribution in [1.29, 1.82) is 0 Å². The molecule has 0 saturated heterocycles. The quantitative estimate of drug-likeness (QED) is 0.812. The summed E-state index contributed by atoms with van der Waals surface area (Å²) in [6.07, 6.45) is 0.936. The van der Waals surface area contributed by atoms with Gasteiger partial charge in [-0.1, -0.05) is 29.8 Å². The van der Waals surface area contributed by atoms with E-state index in [9.17, 15) is 9.59 Å². The number of aromatic nitrogens is 3. The molecule has 110 valence electrons. The fourth-order valence-corrected chi connectivity index (χ4v) is 1.71. The molecule has 1 aromatic heterocycles. The highest BCUT2D eigenvalue weighted by Crippen LogP contribution is 2.07. The maximum absolute atomic E-state index is 11.8. The van der Waals surface area contributed by atoms with Crippen molar-refractivity contribution in [3.8, 4) is 0 Å². The summed E-state index contributed by atoms with van der Waals surface area (Å²) in [5, 5.41) is 8.64. The zero-order valence-electron chi connectivity index (χ0n) is 11.8. The number of nitrogens with one attached hydrogen (secondary N) is 2. The topological polar surface area (TPSA) is 97.0 Å². The van der Waals surface area contributed by atoms with Gasteiger partial charge in [0.1, 0.15) is 0 Å². The van der Waals surface area contributed by atoms with Gasteiger partial charge in [-0.15, -0.1) is 5.10 Å². The second-order valence-corrected chi connectivity index (χ2v) is 4.53. The lowest BCUT2D eigenvalue weighted by molar-refractivity contribution is -0.116. The summed E-state index contributed by atoms with van der Waals surface area (Å²) < 4.78 is 4.48. The van der Waals surface area contributed by atoms with Gasteiger partial charge in [0.2, 0.25) is 17.7 Å². The van der Waals surface area contributed by atoms with Crippen molar-refractivity contribution in [3.05, 3.63) is 41.2 Å². The number of hydrogen-bond donors (Lipinski definition) is 2. The molecule has 0 bridgehead atoms. The summed E-state index contributed by atoms with van der Waals surface area (Å²) in [7, 11) is 1.24. The first-order valence-corrected chi connectivity index (χ1v) is 6.44. The average molecular weight is 288 g/mol. The molecule has 0 aliphatic carbocycles. The number of methoxy groups -OCH3 is 1. The lowest BCUT2D eigenvalue weighted by Crippen LogP contribution is -2.13. The van der Waals surface area contributed by atoms with Crippen LogP contribution in [-0.4, -0.2) is 34.2 Å². The van der Waals surface area contributed by atoms with E-state index < -0.39 is 5.97 Å². The van der Waals surface area contributed by atoms with Gasteiger partial charge in [0.05, 0.1) is 7.11 Å². The summed E-state index contributed by atoms with van der Waals surface area (Å²) in [5.41, 5.74) is 2.26. The number of H-pyrrole nitrogens is 1. The van der Waals surface area contributed by atoms with E-state index in [4.69, 9.17) is 0 Å². The SMILES string of the molecule is COC(=O)c1nc(NC(=O)CCc2ccc(C)cc2)n[nH]1. The summed E-state index contributed by atoms with van der Waals surface area (Å²) in [6, 6.07) is 7.99. The first kappa shape index (κ1) is 14.7. The highest BCUT2D eigenvalue weighted by molar-refractivity contribution is 5.90. The Balaban J connectivity index is 1.85. The molecule has 1 aromatic carbocycles. The van der Waals surface area contributed by atoms with Crippen LogP contribution in [0.25, 0.3) is 0 Å². The fourth-order valence-electron chi connectivity index (χ4n) is 1.71. The molecule has 2 aromatic rings. The van der Waals surface area contributed by atoms with E-state index in [-0.39, 0.29) is 17.7 Å². The molecule has 0 aliphatic rings. The number of rotatable bonds is 5. The van der Waals surface area contributed by atoms with Crippen molar-refractivity contribution in [1.82, 2.24) is 15.2 Å². The smallest absolute Gasteiger partial charge is 0.375 e. The number of amides is 1. The fraction of sp³-hybridized carbons (Fsp3) is 0.286. The predicted octanol–water partition coefficient (Wildman–Crippen LogP) is 1.47. The molecule has 0 aliphatic heterocycles. The van der Waals surface area contributed by atoms with Crippen LogP contribution in [0.4, 0.5) is 5.95 Å². The Kier molecular flexibility index (Phi) is 4.65. The molecule has 0 radical (unpaired) electrons. The number of ether oxygens (including phenoxy) is 1. The first-order valence-electron chi connectivity index (χ1n) is 6.44. The van der Waals surface area contributed by atoms with Crippen molar-refractivity contribution in [2.24, 2.45) is 0 Å². The molecule has 7 heteroatoms. The second-order valence-electron chi connectivity index (χ2n) is 4.53. The Morgan fingerprint density at radius 1 is 1.29 bits per heavy atom. The predicted molar refractivity (Wildman–Crippen MR) is 75.9 cm³/mol. The summed E-state index contributed by atoms with van der Waals surface area (Å²) in [4.78, 5) is 26.8. The van der Waals surface area contributed by atoms with Crippen molar-refractivity contribution < 1.29 is 14.3 Å². The number of carbonyl (C=O) groups excluding carboxylic acids is 2. The minimum atomic E-state index is -0.636. The number of aromatic amines is 1. The Bertz CT molecular complexity index is 634. The van der Waals surface area contributed by atoms with Crippen LogP contribution in [0.5, 0.6) is 0 Å². The minimum Gasteiger partial charge on any atom is -0.463 e. The standard InChI is InChI=1S/C14H16N4O3/c1-9-3-5-10(6-4-9)7-8-11(19)15-14-16-12(17-18-14)13(20)21-2/h3-6H,7-8H2,1-2H3,(H2,15,16,17,18,19). The van der Waals surface area contributed by atoms with Crippen LogP contribution >= 0.6 is 0 Å². The van der Waals surface area contributed by atoms with Gasteiger partial charge in [0.15, 0.2) is 0 Å². The lowest BCUT2D eigenvalue weighted by Gasteiger charge is -2.02. The second kappa shape index (κ2) is 6.65. The van der Waals surface area contributed by atoms with Crippen molar-refractivity contribution >= 4 is 17.8 Å². The first-order chi connectivity index (χ1) is 10.1. The highest BCUT2D eigenvalue weighted by atomic mass is 16.5. The monoisotopic (exact) mass is 288 g/mol. The van der Waals surface area contributed by atoms with Crippen LogP contribution in [0.2, 0.25) is 0 Å². The van der Waals surface area contributed by atoms with E-state index in [1.165, 1.54) is 12.7 Å². The van der Waals surface area contributed by atoms with Crippen LogP contribution in [0, 0.1) is 6.92 Å². The summed E-state index contributed by atoms with van der Waals surface area (Å²) >= 11 is 0. The molecule has 0 spiro atoms. The van der Waals surface area contributed by atoms with E-state index >= 15 is 0 Å². The molecule has 0 fully saturated rings. The van der Waals surface area contributed by atoms with E-state index in [0.29, 0.717) is 12.8 Å². The number of nitrogens with zero attached hydrogens (tertiary/aromatic N) is 2. The van der Waals surface area contributed by atoms with E-state index in [0.717, 1.165) is 5.56 Å². The number of hydrogen-bond acceptors (Lipinski definition) is 5. The van der Waals surface area contributed by atoms with Crippen molar-refractivity contribution in [3.63, 3.8) is 0 Å². The Morgan fingerprint density at radius 3 is 2.67 bits per heavy atom. The molecule has 0 unspecified atom stereocenters. The zero-order chi connectivity index (χ0) is 15.2. The van der Waals surface area contributed by atoms with Gasteiger partial charge < -0.3 is 4.74 Å². The van der Waals surface area contributed by atoms with Crippen LogP contribution in [0.1, 0.15) is 28.2 Å². The van der Waals surface area contributed by atoms with E-state index in [2.05, 4.69) is 25.2 Å². The van der Waals surface area contributed by atoms with E-state index in [1.54, 1.807) is 0 Å². The number of aryl methyl sites for hydroxylation is 2. The third-order valence-corrected chi connectivity index (χ3v) is 2.88. The van der Waals surface area contributed by atoms with Crippen LogP contribution in [-0.2, 0) is 16.0 Å². The van der Waals surface area contributed by atoms with Gasteiger partial charge in [-0.2, -0.15) is 4.98 Å². The highest BCUT2D eigenvalue weighted by Gasteiger charge is 2.13. The molecular weight excluding hydrogens is 272 g/mol. The van der Waals surface area contributed by atoms with Crippen LogP contribution in [0.15, 0.2) is 24.3 Å². The third kappa shape index (κ3) is 4.13. The van der Waals surface area contributed by atoms with Gasteiger partial charge in [0, 0.05) is 6.42 Å². The number of benzene rings is 1. The summed E-state index contributed by atoms with van der Waals surface area (Å²) in [6.45, 7) is 2.01. The van der Waals surface area contributed by atoms with Crippen molar-refractivity contribution in [2.45, 2.75) is 19.8 Å². The van der Waals surface area contributed by atoms with Gasteiger partial charge in [-0.3, -0.25) is 15.2 Å². The van der Waals surface area contributed by atoms with Crippen LogP contribution in [0.3, 0.4) is 0 Å². The normalized spacial score (nSPS) is 10.2. The Labute approximate surface area is 121 Å². The molecule has 2 N–H and O–H groups in total. The lowest BCUT2D eigenvalue weighted by atomic mass is 10.1. The Hall–Kier alpha value is -2.70. The molecule has 1 heterocycles. The maximum Gasteiger partial charge on any atom is 0.375 e. The molecule has 0 atom stereocenters. The molecule has 0 saturated carbocycles. The molecule has 7 nitrogen and oxygen atoms in total. The number of anilines is 1. The number of esters is 1. The minimum absolute atomic E-state index is 0.0497. The molecule has 2 rings (SSSR count). The average Bonchev–Trinajstić information content (AvgIpc) is 2.94. The van der Waals surface area contributed by atoms with Gasteiger partial charge in [-0.05, 0) is 18.9 Å². The van der Waals surface area contributed by atoms with Gasteiger partial charge >= 0.3 is 5.97 Å².